The maximum atomic E-state index is 12.3. The largest absolute Gasteiger partial charge is 0.455 e. The quantitative estimate of drug-likeness (QED) is 0.511. The van der Waals surface area contributed by atoms with E-state index < -0.39 is 12.1 Å². The number of carbonyl (C=O) groups is 3. The Morgan fingerprint density at radius 2 is 2.19 bits per heavy atom. The molecule has 1 aromatic rings. The first kappa shape index (κ1) is 19.5. The lowest BCUT2D eigenvalue weighted by Crippen LogP contribution is -2.29. The maximum Gasteiger partial charge on any atom is 0.335 e. The van der Waals surface area contributed by atoms with E-state index in [9.17, 15) is 14.4 Å². The van der Waals surface area contributed by atoms with Crippen molar-refractivity contribution in [3.63, 3.8) is 0 Å². The summed E-state index contributed by atoms with van der Waals surface area (Å²) in [7, 11) is 0. The number of hydrogen-bond acceptors (Lipinski definition) is 6. The highest BCUT2D eigenvalue weighted by Gasteiger charge is 2.23. The number of carbonyl (C=O) groups excluding carboxylic acids is 3. The summed E-state index contributed by atoms with van der Waals surface area (Å²) in [5, 5.41) is 0. The number of amides is 1. The molecular formula is C20H25NO6. The second kappa shape index (κ2) is 9.10. The average molecular weight is 375 g/mol. The first-order valence-corrected chi connectivity index (χ1v) is 9.38. The molecule has 0 saturated carbocycles. The van der Waals surface area contributed by atoms with Crippen LogP contribution in [0, 0.1) is 0 Å². The summed E-state index contributed by atoms with van der Waals surface area (Å²) in [6, 6.07) is 6.84. The molecule has 1 amide bonds. The summed E-state index contributed by atoms with van der Waals surface area (Å²) in [6.45, 7) is 2.97. The maximum absolute atomic E-state index is 12.3. The van der Waals surface area contributed by atoms with E-state index in [0.717, 1.165) is 25.9 Å². The molecule has 3 rings (SSSR count). The van der Waals surface area contributed by atoms with Gasteiger partial charge in [-0.1, -0.05) is 12.1 Å². The molecule has 0 aliphatic carbocycles. The highest BCUT2D eigenvalue weighted by Crippen LogP contribution is 2.22. The molecule has 7 nitrogen and oxygen atoms in total. The van der Waals surface area contributed by atoms with Crippen LogP contribution in [0.2, 0.25) is 0 Å². The molecule has 0 N–H and O–H groups in total. The standard InChI is InChI=1S/C20H25NO6/c1-14(26-12-17-7-4-10-25-17)20(24)27-13-18(22)15-5-2-6-16(11-15)21-9-3-8-19(21)23/h2,5-6,11,14,17H,3-4,7-10,12-13H2,1H3. The molecule has 2 unspecified atom stereocenters. The molecule has 2 fully saturated rings. The van der Waals surface area contributed by atoms with Gasteiger partial charge in [0.15, 0.2) is 18.5 Å². The Morgan fingerprint density at radius 3 is 2.89 bits per heavy atom. The minimum atomic E-state index is -0.754. The Morgan fingerprint density at radius 1 is 1.33 bits per heavy atom. The molecule has 0 spiro atoms. The van der Waals surface area contributed by atoms with Crippen molar-refractivity contribution in [3.8, 4) is 0 Å². The van der Waals surface area contributed by atoms with Gasteiger partial charge in [0.1, 0.15) is 0 Å². The summed E-state index contributed by atoms with van der Waals surface area (Å²) in [6.07, 6.45) is 2.55. The van der Waals surface area contributed by atoms with E-state index in [1.165, 1.54) is 0 Å². The van der Waals surface area contributed by atoms with Crippen LogP contribution in [-0.2, 0) is 23.8 Å². The third-order valence-electron chi connectivity index (χ3n) is 4.79. The van der Waals surface area contributed by atoms with Gasteiger partial charge in [-0.15, -0.1) is 0 Å². The number of benzene rings is 1. The van der Waals surface area contributed by atoms with E-state index in [-0.39, 0.29) is 24.4 Å². The minimum Gasteiger partial charge on any atom is -0.455 e. The zero-order valence-electron chi connectivity index (χ0n) is 15.5. The van der Waals surface area contributed by atoms with Crippen LogP contribution in [0.25, 0.3) is 0 Å². The van der Waals surface area contributed by atoms with Gasteiger partial charge in [0.2, 0.25) is 5.91 Å². The van der Waals surface area contributed by atoms with Gasteiger partial charge in [-0.25, -0.2) is 4.79 Å². The summed E-state index contributed by atoms with van der Waals surface area (Å²) >= 11 is 0. The molecule has 7 heteroatoms. The Kier molecular flexibility index (Phi) is 6.58. The topological polar surface area (TPSA) is 82.1 Å². The number of hydrogen-bond donors (Lipinski definition) is 0. The van der Waals surface area contributed by atoms with E-state index in [2.05, 4.69) is 0 Å². The Hall–Kier alpha value is -2.25. The van der Waals surface area contributed by atoms with Crippen molar-refractivity contribution in [2.75, 3.05) is 31.3 Å². The molecule has 2 atom stereocenters. The highest BCUT2D eigenvalue weighted by atomic mass is 16.6. The monoisotopic (exact) mass is 375 g/mol. The van der Waals surface area contributed by atoms with E-state index in [1.54, 1.807) is 36.1 Å². The van der Waals surface area contributed by atoms with Gasteiger partial charge in [-0.05, 0) is 38.3 Å². The fourth-order valence-corrected chi connectivity index (χ4v) is 3.20. The number of rotatable bonds is 8. The second-order valence-electron chi connectivity index (χ2n) is 6.84. The molecule has 0 bridgehead atoms. The first-order valence-electron chi connectivity index (χ1n) is 9.38. The van der Waals surface area contributed by atoms with Gasteiger partial charge < -0.3 is 19.1 Å². The van der Waals surface area contributed by atoms with Crippen molar-refractivity contribution < 1.29 is 28.6 Å². The summed E-state index contributed by atoms with van der Waals surface area (Å²) in [5.74, 6) is -0.835. The molecule has 2 heterocycles. The van der Waals surface area contributed by atoms with Crippen molar-refractivity contribution in [2.24, 2.45) is 0 Å². The molecule has 2 aliphatic heterocycles. The van der Waals surface area contributed by atoms with Crippen LogP contribution in [-0.4, -0.2) is 56.2 Å². The predicted molar refractivity (Wildman–Crippen MR) is 97.7 cm³/mol. The van der Waals surface area contributed by atoms with Crippen LogP contribution in [0.5, 0.6) is 0 Å². The number of ketones is 1. The van der Waals surface area contributed by atoms with Crippen LogP contribution >= 0.6 is 0 Å². The van der Waals surface area contributed by atoms with Gasteiger partial charge in [-0.3, -0.25) is 9.59 Å². The molecular weight excluding hydrogens is 350 g/mol. The van der Waals surface area contributed by atoms with Gasteiger partial charge in [0, 0.05) is 30.8 Å². The number of Topliss-reactive ketones (excluding diaryl/α,β-unsaturated/α-hetero) is 1. The van der Waals surface area contributed by atoms with Crippen LogP contribution in [0.3, 0.4) is 0 Å². The lowest BCUT2D eigenvalue weighted by Gasteiger charge is -2.17. The van der Waals surface area contributed by atoms with E-state index in [1.807, 2.05) is 0 Å². The smallest absolute Gasteiger partial charge is 0.335 e. The molecule has 1 aromatic carbocycles. The Bertz CT molecular complexity index is 697. The van der Waals surface area contributed by atoms with Crippen molar-refractivity contribution >= 4 is 23.3 Å². The second-order valence-corrected chi connectivity index (χ2v) is 6.84. The first-order chi connectivity index (χ1) is 13.0. The Labute approximate surface area is 158 Å². The number of nitrogens with zero attached hydrogens (tertiary/aromatic N) is 1. The predicted octanol–water partition coefficient (Wildman–Crippen LogP) is 2.12. The molecule has 2 aliphatic rings. The SMILES string of the molecule is CC(OCC1CCCO1)C(=O)OCC(=O)c1cccc(N2CCCC2=O)c1. The fourth-order valence-electron chi connectivity index (χ4n) is 3.20. The Balaban J connectivity index is 1.48. The van der Waals surface area contributed by atoms with Crippen LogP contribution < -0.4 is 4.90 Å². The van der Waals surface area contributed by atoms with Gasteiger partial charge in [0.25, 0.3) is 0 Å². The molecule has 0 radical (unpaired) electrons. The number of esters is 1. The van der Waals surface area contributed by atoms with Crippen molar-refractivity contribution in [3.05, 3.63) is 29.8 Å². The number of ether oxygens (including phenoxy) is 3. The third kappa shape index (κ3) is 5.14. The minimum absolute atomic E-state index is 0.0259. The highest BCUT2D eigenvalue weighted by molar-refractivity contribution is 6.01. The van der Waals surface area contributed by atoms with Crippen LogP contribution in [0.1, 0.15) is 43.0 Å². The molecule has 146 valence electrons. The lowest BCUT2D eigenvalue weighted by atomic mass is 10.1. The van der Waals surface area contributed by atoms with E-state index in [4.69, 9.17) is 14.2 Å². The molecule has 27 heavy (non-hydrogen) atoms. The van der Waals surface area contributed by atoms with Crippen molar-refractivity contribution in [1.29, 1.82) is 0 Å². The molecule has 0 aromatic heterocycles. The molecule has 2 saturated heterocycles. The van der Waals surface area contributed by atoms with Gasteiger partial charge in [-0.2, -0.15) is 0 Å². The lowest BCUT2D eigenvalue weighted by molar-refractivity contribution is -0.156. The number of anilines is 1. The van der Waals surface area contributed by atoms with E-state index in [0.29, 0.717) is 30.8 Å². The summed E-state index contributed by atoms with van der Waals surface area (Å²) in [4.78, 5) is 37.9. The summed E-state index contributed by atoms with van der Waals surface area (Å²) < 4.78 is 16.0. The zero-order valence-corrected chi connectivity index (χ0v) is 15.5. The third-order valence-corrected chi connectivity index (χ3v) is 4.79. The normalized spacial score (nSPS) is 20.7. The van der Waals surface area contributed by atoms with Crippen LogP contribution in [0.15, 0.2) is 24.3 Å². The summed E-state index contributed by atoms with van der Waals surface area (Å²) in [5.41, 5.74) is 1.11. The van der Waals surface area contributed by atoms with Crippen molar-refractivity contribution in [1.82, 2.24) is 0 Å². The van der Waals surface area contributed by atoms with E-state index >= 15 is 0 Å². The van der Waals surface area contributed by atoms with Crippen LogP contribution in [0.4, 0.5) is 5.69 Å². The average Bonchev–Trinajstić information content (AvgIpc) is 3.35. The zero-order chi connectivity index (χ0) is 19.2. The van der Waals surface area contributed by atoms with Gasteiger partial charge >= 0.3 is 5.97 Å². The fraction of sp³-hybridized carbons (Fsp3) is 0.550. The van der Waals surface area contributed by atoms with Crippen molar-refractivity contribution in [2.45, 2.75) is 44.8 Å². The van der Waals surface area contributed by atoms with Gasteiger partial charge in [0.05, 0.1) is 12.7 Å².